The first-order valence-corrected chi connectivity index (χ1v) is 6.80. The molecule has 0 aliphatic carbocycles. The summed E-state index contributed by atoms with van der Waals surface area (Å²) in [5.41, 5.74) is 2.90. The van der Waals surface area contributed by atoms with Gasteiger partial charge in [0.05, 0.1) is 17.9 Å². The van der Waals surface area contributed by atoms with Crippen LogP contribution in [0.25, 0.3) is 0 Å². The van der Waals surface area contributed by atoms with Crippen LogP contribution in [0.5, 0.6) is 5.75 Å². The number of nitrogens with zero attached hydrogens (tertiary/aromatic N) is 1. The van der Waals surface area contributed by atoms with E-state index in [1.807, 2.05) is 38.1 Å². The minimum absolute atomic E-state index is 0.0586. The summed E-state index contributed by atoms with van der Waals surface area (Å²) in [5, 5.41) is 12.1. The van der Waals surface area contributed by atoms with Crippen molar-refractivity contribution < 1.29 is 9.13 Å². The van der Waals surface area contributed by atoms with E-state index in [2.05, 4.69) is 5.32 Å². The SMILES string of the molecule is CCOc1cc(C)ccc1NCc1ccc(F)c(C#N)c1. The molecule has 4 heteroatoms. The van der Waals surface area contributed by atoms with Crippen molar-refractivity contribution in [1.82, 2.24) is 0 Å². The summed E-state index contributed by atoms with van der Waals surface area (Å²) in [4.78, 5) is 0. The van der Waals surface area contributed by atoms with Crippen LogP contribution in [0.15, 0.2) is 36.4 Å². The number of rotatable bonds is 5. The Kier molecular flexibility index (Phi) is 4.78. The number of nitrogens with one attached hydrogen (secondary N) is 1. The lowest BCUT2D eigenvalue weighted by atomic mass is 10.1. The third-order valence-corrected chi connectivity index (χ3v) is 3.07. The second-order valence-corrected chi connectivity index (χ2v) is 4.71. The summed E-state index contributed by atoms with van der Waals surface area (Å²) in [7, 11) is 0. The zero-order valence-corrected chi connectivity index (χ0v) is 12.1. The third kappa shape index (κ3) is 3.73. The molecule has 0 radical (unpaired) electrons. The van der Waals surface area contributed by atoms with Crippen LogP contribution in [0.3, 0.4) is 0 Å². The molecule has 0 unspecified atom stereocenters. The molecule has 0 saturated heterocycles. The number of hydrogen-bond donors (Lipinski definition) is 1. The molecule has 0 saturated carbocycles. The second-order valence-electron chi connectivity index (χ2n) is 4.71. The molecular formula is C17H17FN2O. The Balaban J connectivity index is 2.15. The van der Waals surface area contributed by atoms with Crippen LogP contribution in [-0.4, -0.2) is 6.61 Å². The highest BCUT2D eigenvalue weighted by atomic mass is 19.1. The van der Waals surface area contributed by atoms with Gasteiger partial charge in [-0.3, -0.25) is 0 Å². The lowest BCUT2D eigenvalue weighted by Crippen LogP contribution is -2.03. The summed E-state index contributed by atoms with van der Waals surface area (Å²) < 4.78 is 18.9. The lowest BCUT2D eigenvalue weighted by molar-refractivity contribution is 0.341. The van der Waals surface area contributed by atoms with E-state index in [9.17, 15) is 4.39 Å². The monoisotopic (exact) mass is 284 g/mol. The molecule has 108 valence electrons. The fourth-order valence-electron chi connectivity index (χ4n) is 2.02. The molecule has 3 nitrogen and oxygen atoms in total. The van der Waals surface area contributed by atoms with Gasteiger partial charge >= 0.3 is 0 Å². The summed E-state index contributed by atoms with van der Waals surface area (Å²) in [5.74, 6) is 0.298. The second kappa shape index (κ2) is 6.76. The molecule has 2 rings (SSSR count). The largest absolute Gasteiger partial charge is 0.492 e. The van der Waals surface area contributed by atoms with Crippen molar-refractivity contribution in [2.75, 3.05) is 11.9 Å². The predicted molar refractivity (Wildman–Crippen MR) is 80.8 cm³/mol. The maximum absolute atomic E-state index is 13.3. The number of ether oxygens (including phenoxy) is 1. The van der Waals surface area contributed by atoms with E-state index < -0.39 is 5.82 Å². The molecular weight excluding hydrogens is 267 g/mol. The molecule has 0 bridgehead atoms. The van der Waals surface area contributed by atoms with Gasteiger partial charge in [-0.05, 0) is 49.2 Å². The zero-order chi connectivity index (χ0) is 15.2. The summed E-state index contributed by atoms with van der Waals surface area (Å²) in [6.07, 6.45) is 0. The standard InChI is InChI=1S/C17H17FN2O/c1-3-21-17-8-12(2)4-7-16(17)20-11-13-5-6-15(18)14(9-13)10-19/h4-9,20H,3,11H2,1-2H3. The van der Waals surface area contributed by atoms with Gasteiger partial charge in [-0.25, -0.2) is 4.39 Å². The van der Waals surface area contributed by atoms with Crippen LogP contribution in [0.4, 0.5) is 10.1 Å². The average Bonchev–Trinajstić information content (AvgIpc) is 2.48. The van der Waals surface area contributed by atoms with Crippen molar-refractivity contribution in [2.45, 2.75) is 20.4 Å². The molecule has 0 aliphatic heterocycles. The van der Waals surface area contributed by atoms with Gasteiger partial charge in [-0.2, -0.15) is 5.26 Å². The van der Waals surface area contributed by atoms with Gasteiger partial charge in [0.1, 0.15) is 17.6 Å². The number of anilines is 1. The molecule has 2 aromatic carbocycles. The van der Waals surface area contributed by atoms with E-state index in [-0.39, 0.29) is 5.56 Å². The Labute approximate surface area is 124 Å². The van der Waals surface area contributed by atoms with Crippen LogP contribution in [0.1, 0.15) is 23.6 Å². The molecule has 0 spiro atoms. The summed E-state index contributed by atoms with van der Waals surface area (Å²) in [6.45, 7) is 5.03. The molecule has 0 amide bonds. The van der Waals surface area contributed by atoms with Gasteiger partial charge in [0, 0.05) is 6.54 Å². The van der Waals surface area contributed by atoms with Crippen molar-refractivity contribution >= 4 is 5.69 Å². The van der Waals surface area contributed by atoms with Crippen molar-refractivity contribution in [3.8, 4) is 11.8 Å². The number of nitriles is 1. The van der Waals surface area contributed by atoms with Gasteiger partial charge in [0.15, 0.2) is 0 Å². The van der Waals surface area contributed by atoms with E-state index in [0.717, 1.165) is 22.6 Å². The van der Waals surface area contributed by atoms with Crippen LogP contribution in [-0.2, 0) is 6.54 Å². The fraction of sp³-hybridized carbons (Fsp3) is 0.235. The molecule has 21 heavy (non-hydrogen) atoms. The van der Waals surface area contributed by atoms with E-state index >= 15 is 0 Å². The minimum atomic E-state index is -0.494. The van der Waals surface area contributed by atoms with Gasteiger partial charge in [0.2, 0.25) is 0 Å². The fourth-order valence-corrected chi connectivity index (χ4v) is 2.02. The van der Waals surface area contributed by atoms with Gasteiger partial charge in [0.25, 0.3) is 0 Å². The normalized spacial score (nSPS) is 10.0. The zero-order valence-electron chi connectivity index (χ0n) is 12.1. The van der Waals surface area contributed by atoms with Crippen LogP contribution in [0.2, 0.25) is 0 Å². The first kappa shape index (κ1) is 14.9. The van der Waals surface area contributed by atoms with Gasteiger partial charge < -0.3 is 10.1 Å². The number of benzene rings is 2. The number of hydrogen-bond acceptors (Lipinski definition) is 3. The van der Waals surface area contributed by atoms with E-state index in [4.69, 9.17) is 10.00 Å². The molecule has 1 N–H and O–H groups in total. The van der Waals surface area contributed by atoms with Crippen LogP contribution >= 0.6 is 0 Å². The molecule has 0 heterocycles. The molecule has 0 aromatic heterocycles. The molecule has 0 aliphatic rings. The predicted octanol–water partition coefficient (Wildman–Crippen LogP) is 4.02. The highest BCUT2D eigenvalue weighted by Gasteiger charge is 2.06. The summed E-state index contributed by atoms with van der Waals surface area (Å²) in [6, 6.07) is 12.3. The minimum Gasteiger partial charge on any atom is -0.492 e. The van der Waals surface area contributed by atoms with Crippen LogP contribution in [0, 0.1) is 24.1 Å². The smallest absolute Gasteiger partial charge is 0.142 e. The lowest BCUT2D eigenvalue weighted by Gasteiger charge is -2.13. The number of halogens is 1. The number of aryl methyl sites for hydroxylation is 1. The average molecular weight is 284 g/mol. The molecule has 0 fully saturated rings. The highest BCUT2D eigenvalue weighted by molar-refractivity contribution is 5.58. The van der Waals surface area contributed by atoms with E-state index in [1.54, 1.807) is 12.1 Å². The Hall–Kier alpha value is -2.54. The maximum atomic E-state index is 13.3. The topological polar surface area (TPSA) is 45.0 Å². The Bertz CT molecular complexity index is 677. The Morgan fingerprint density at radius 3 is 2.76 bits per heavy atom. The highest BCUT2D eigenvalue weighted by Crippen LogP contribution is 2.26. The Morgan fingerprint density at radius 2 is 2.05 bits per heavy atom. The van der Waals surface area contributed by atoms with Crippen molar-refractivity contribution in [1.29, 1.82) is 5.26 Å². The quantitative estimate of drug-likeness (QED) is 0.902. The molecule has 2 aromatic rings. The van der Waals surface area contributed by atoms with Crippen molar-refractivity contribution in [3.05, 3.63) is 58.9 Å². The van der Waals surface area contributed by atoms with E-state index in [0.29, 0.717) is 13.2 Å². The van der Waals surface area contributed by atoms with E-state index in [1.165, 1.54) is 6.07 Å². The van der Waals surface area contributed by atoms with Crippen molar-refractivity contribution in [3.63, 3.8) is 0 Å². The van der Waals surface area contributed by atoms with Crippen LogP contribution < -0.4 is 10.1 Å². The third-order valence-electron chi connectivity index (χ3n) is 3.07. The summed E-state index contributed by atoms with van der Waals surface area (Å²) >= 11 is 0. The maximum Gasteiger partial charge on any atom is 0.142 e. The van der Waals surface area contributed by atoms with Crippen molar-refractivity contribution in [2.24, 2.45) is 0 Å². The Morgan fingerprint density at radius 1 is 1.24 bits per heavy atom. The first-order chi connectivity index (χ1) is 10.1. The van der Waals surface area contributed by atoms with Gasteiger partial charge in [-0.1, -0.05) is 12.1 Å². The van der Waals surface area contributed by atoms with Gasteiger partial charge in [-0.15, -0.1) is 0 Å². The molecule has 0 atom stereocenters. The first-order valence-electron chi connectivity index (χ1n) is 6.80.